The summed E-state index contributed by atoms with van der Waals surface area (Å²) < 4.78 is 5.64. The minimum absolute atomic E-state index is 0.547. The Morgan fingerprint density at radius 3 is 2.79 bits per heavy atom. The predicted molar refractivity (Wildman–Crippen MR) is 108 cm³/mol. The van der Waals surface area contributed by atoms with Crippen LogP contribution in [0.2, 0.25) is 0 Å². The Balaban J connectivity index is 1.42. The zero-order valence-electron chi connectivity index (χ0n) is 15.6. The molecule has 0 spiro atoms. The van der Waals surface area contributed by atoms with Gasteiger partial charge in [0.1, 0.15) is 5.82 Å². The number of hydrogen-bond acceptors (Lipinski definition) is 7. The van der Waals surface area contributed by atoms with Crippen LogP contribution in [0.15, 0.2) is 36.7 Å². The van der Waals surface area contributed by atoms with Gasteiger partial charge in [0.05, 0.1) is 25.1 Å². The Labute approximate surface area is 163 Å². The monoisotopic (exact) mass is 377 g/mol. The number of aromatic amines is 1. The van der Waals surface area contributed by atoms with Crippen molar-refractivity contribution in [2.75, 3.05) is 36.4 Å². The van der Waals surface area contributed by atoms with Gasteiger partial charge in [0.2, 0.25) is 5.95 Å². The Bertz CT molecular complexity index is 932. The van der Waals surface area contributed by atoms with Gasteiger partial charge in [-0.3, -0.25) is 5.10 Å². The molecule has 2 aromatic heterocycles. The van der Waals surface area contributed by atoms with Gasteiger partial charge in [0.15, 0.2) is 0 Å². The maximum Gasteiger partial charge on any atom is 0.227 e. The van der Waals surface area contributed by atoms with Gasteiger partial charge >= 0.3 is 0 Å². The molecular formula is C20H23N7O. The van der Waals surface area contributed by atoms with Crippen LogP contribution in [0.3, 0.4) is 0 Å². The zero-order chi connectivity index (χ0) is 18.8. The first-order valence-corrected chi connectivity index (χ1v) is 9.66. The number of fused-ring (bicyclic) bond motifs is 1. The van der Waals surface area contributed by atoms with Crippen molar-refractivity contribution >= 4 is 17.5 Å². The van der Waals surface area contributed by atoms with Gasteiger partial charge in [-0.2, -0.15) is 10.1 Å². The lowest BCUT2D eigenvalue weighted by Gasteiger charge is -2.21. The predicted octanol–water partition coefficient (Wildman–Crippen LogP) is 2.44. The molecule has 0 atom stereocenters. The normalized spacial score (nSPS) is 16.6. The summed E-state index contributed by atoms with van der Waals surface area (Å²) in [5.41, 5.74) is 5.21. The topological polar surface area (TPSA) is 91.0 Å². The Kier molecular flexibility index (Phi) is 4.64. The molecule has 0 bridgehead atoms. The second-order valence-corrected chi connectivity index (χ2v) is 7.07. The van der Waals surface area contributed by atoms with Crippen LogP contribution in [0.4, 0.5) is 17.5 Å². The van der Waals surface area contributed by atoms with E-state index in [0.29, 0.717) is 13.2 Å². The summed E-state index contributed by atoms with van der Waals surface area (Å²) in [7, 11) is 0. The van der Waals surface area contributed by atoms with Crippen LogP contribution >= 0.6 is 0 Å². The molecule has 144 valence electrons. The molecule has 4 heterocycles. The number of benzene rings is 1. The number of H-pyrrole nitrogens is 1. The molecule has 0 saturated carbocycles. The highest BCUT2D eigenvalue weighted by Gasteiger charge is 2.23. The fourth-order valence-electron chi connectivity index (χ4n) is 3.62. The quantitative estimate of drug-likeness (QED) is 0.643. The molecule has 0 unspecified atom stereocenters. The van der Waals surface area contributed by atoms with Gasteiger partial charge in [-0.15, -0.1) is 0 Å². The highest BCUT2D eigenvalue weighted by atomic mass is 16.5. The smallest absolute Gasteiger partial charge is 0.227 e. The highest BCUT2D eigenvalue weighted by Crippen LogP contribution is 2.30. The minimum Gasteiger partial charge on any atom is -0.370 e. The lowest BCUT2D eigenvalue weighted by atomic mass is 10.1. The van der Waals surface area contributed by atoms with Crippen molar-refractivity contribution in [3.63, 3.8) is 0 Å². The van der Waals surface area contributed by atoms with Gasteiger partial charge in [-0.25, -0.2) is 4.98 Å². The number of nitrogens with zero attached hydrogens (tertiary/aromatic N) is 4. The van der Waals surface area contributed by atoms with Crippen LogP contribution in [0.5, 0.6) is 0 Å². The minimum atomic E-state index is 0.547. The third-order valence-corrected chi connectivity index (χ3v) is 5.17. The first-order chi connectivity index (χ1) is 13.9. The third kappa shape index (κ3) is 3.44. The van der Waals surface area contributed by atoms with E-state index in [0.717, 1.165) is 72.4 Å². The molecule has 2 aliphatic rings. The van der Waals surface area contributed by atoms with Gasteiger partial charge < -0.3 is 20.3 Å². The van der Waals surface area contributed by atoms with Crippen LogP contribution < -0.4 is 15.5 Å². The first-order valence-electron chi connectivity index (χ1n) is 9.66. The third-order valence-electron chi connectivity index (χ3n) is 5.17. The summed E-state index contributed by atoms with van der Waals surface area (Å²) >= 11 is 0. The van der Waals surface area contributed by atoms with E-state index in [4.69, 9.17) is 14.7 Å². The van der Waals surface area contributed by atoms with E-state index in [-0.39, 0.29) is 0 Å². The van der Waals surface area contributed by atoms with Crippen LogP contribution in [-0.2, 0) is 18.0 Å². The van der Waals surface area contributed by atoms with E-state index in [9.17, 15) is 0 Å². The van der Waals surface area contributed by atoms with Crippen molar-refractivity contribution in [3.05, 3.63) is 47.9 Å². The zero-order valence-corrected chi connectivity index (χ0v) is 15.6. The van der Waals surface area contributed by atoms with E-state index in [2.05, 4.69) is 50.0 Å². The average Bonchev–Trinajstić information content (AvgIpc) is 3.35. The number of rotatable bonds is 4. The maximum absolute atomic E-state index is 5.64. The fourth-order valence-corrected chi connectivity index (χ4v) is 3.62. The molecule has 8 heteroatoms. The lowest BCUT2D eigenvalue weighted by Crippen LogP contribution is -2.30. The summed E-state index contributed by atoms with van der Waals surface area (Å²) in [6, 6.07) is 8.27. The van der Waals surface area contributed by atoms with Crippen LogP contribution in [0.1, 0.15) is 17.7 Å². The molecule has 0 radical (unpaired) electrons. The van der Waals surface area contributed by atoms with Gasteiger partial charge in [-0.05, 0) is 30.7 Å². The maximum atomic E-state index is 5.64. The first kappa shape index (κ1) is 17.2. The number of nitrogens with one attached hydrogen (secondary N) is 3. The number of anilines is 3. The van der Waals surface area contributed by atoms with Crippen LogP contribution in [-0.4, -0.2) is 46.3 Å². The molecule has 1 aromatic carbocycles. The van der Waals surface area contributed by atoms with Gasteiger partial charge in [0.25, 0.3) is 0 Å². The summed E-state index contributed by atoms with van der Waals surface area (Å²) in [4.78, 5) is 11.9. The molecule has 5 rings (SSSR count). The number of hydrogen-bond donors (Lipinski definition) is 3. The largest absolute Gasteiger partial charge is 0.370 e. The highest BCUT2D eigenvalue weighted by molar-refractivity contribution is 5.68. The molecule has 0 aliphatic carbocycles. The Morgan fingerprint density at radius 1 is 1.00 bits per heavy atom. The summed E-state index contributed by atoms with van der Waals surface area (Å²) in [5, 5.41) is 13.8. The summed E-state index contributed by atoms with van der Waals surface area (Å²) in [5.74, 6) is 1.62. The van der Waals surface area contributed by atoms with E-state index in [1.807, 2.05) is 12.4 Å². The SMILES string of the molecule is c1cc(-c2cn[nH]c2)ccc1Nc1nc(N2CCCNCC2)nc2c1COC2. The fraction of sp³-hybridized carbons (Fsp3) is 0.350. The lowest BCUT2D eigenvalue weighted by molar-refractivity contribution is 0.133. The van der Waals surface area contributed by atoms with E-state index < -0.39 is 0 Å². The van der Waals surface area contributed by atoms with Crippen molar-refractivity contribution < 1.29 is 4.74 Å². The van der Waals surface area contributed by atoms with Crippen molar-refractivity contribution in [1.82, 2.24) is 25.5 Å². The van der Waals surface area contributed by atoms with Crippen LogP contribution in [0.25, 0.3) is 11.1 Å². The van der Waals surface area contributed by atoms with Crippen molar-refractivity contribution in [2.24, 2.45) is 0 Å². The molecule has 3 aromatic rings. The molecule has 8 nitrogen and oxygen atoms in total. The standard InChI is InChI=1S/C20H23N7O/c1-6-21-7-9-27(8-1)20-25-18-13-28-12-17(18)19(26-20)24-16-4-2-14(3-5-16)15-10-22-23-11-15/h2-5,10-11,21H,1,6-9,12-13H2,(H,22,23)(H,24,25,26). The van der Waals surface area contributed by atoms with E-state index in [1.165, 1.54) is 0 Å². The molecule has 2 aliphatic heterocycles. The molecule has 28 heavy (non-hydrogen) atoms. The average molecular weight is 377 g/mol. The molecular weight excluding hydrogens is 354 g/mol. The van der Waals surface area contributed by atoms with Crippen molar-refractivity contribution in [1.29, 1.82) is 0 Å². The Hall–Kier alpha value is -2.97. The molecule has 0 amide bonds. The van der Waals surface area contributed by atoms with Crippen molar-refractivity contribution in [2.45, 2.75) is 19.6 Å². The van der Waals surface area contributed by atoms with Crippen molar-refractivity contribution in [3.8, 4) is 11.1 Å². The molecule has 3 N–H and O–H groups in total. The number of ether oxygens (including phenoxy) is 1. The van der Waals surface area contributed by atoms with Gasteiger partial charge in [-0.1, -0.05) is 12.1 Å². The van der Waals surface area contributed by atoms with Gasteiger partial charge in [0, 0.05) is 42.6 Å². The summed E-state index contributed by atoms with van der Waals surface area (Å²) in [6.07, 6.45) is 4.80. The Morgan fingerprint density at radius 2 is 1.93 bits per heavy atom. The second kappa shape index (κ2) is 7.57. The van der Waals surface area contributed by atoms with E-state index >= 15 is 0 Å². The number of aromatic nitrogens is 4. The van der Waals surface area contributed by atoms with Crippen LogP contribution in [0, 0.1) is 0 Å². The second-order valence-electron chi connectivity index (χ2n) is 7.07. The van der Waals surface area contributed by atoms with E-state index in [1.54, 1.807) is 0 Å². The molecule has 1 fully saturated rings. The molecule has 1 saturated heterocycles. The summed E-state index contributed by atoms with van der Waals surface area (Å²) in [6.45, 7) is 4.97.